The fourth-order valence-electron chi connectivity index (χ4n) is 4.78. The second-order valence-corrected chi connectivity index (χ2v) is 8.69. The highest BCUT2D eigenvalue weighted by Gasteiger charge is 2.54. The molecular weight excluding hydrogens is 377 g/mol. The van der Waals surface area contributed by atoms with Crippen molar-refractivity contribution < 1.29 is 4.39 Å². The lowest BCUT2D eigenvalue weighted by Gasteiger charge is -2.20. The maximum absolute atomic E-state index is 14.7. The predicted molar refractivity (Wildman–Crippen MR) is 120 cm³/mol. The van der Waals surface area contributed by atoms with Gasteiger partial charge in [-0.05, 0) is 62.5 Å². The Morgan fingerprint density at radius 3 is 2.87 bits per heavy atom. The highest BCUT2D eigenvalue weighted by atomic mass is 19.1. The zero-order valence-corrected chi connectivity index (χ0v) is 18.2. The lowest BCUT2D eigenvalue weighted by atomic mass is 9.92. The Bertz CT molecular complexity index is 1080. The largest absolute Gasteiger partial charge is 0.380 e. The van der Waals surface area contributed by atoms with Crippen molar-refractivity contribution in [2.24, 2.45) is 29.8 Å². The summed E-state index contributed by atoms with van der Waals surface area (Å²) in [4.78, 5) is 8.76. The van der Waals surface area contributed by atoms with Crippen molar-refractivity contribution in [1.29, 1.82) is 0 Å². The zero-order chi connectivity index (χ0) is 21.6. The van der Waals surface area contributed by atoms with Gasteiger partial charge in [0.2, 0.25) is 0 Å². The summed E-state index contributed by atoms with van der Waals surface area (Å²) in [7, 11) is 1.84. The number of aryl methyl sites for hydroxylation is 2. The van der Waals surface area contributed by atoms with Crippen LogP contribution in [0.1, 0.15) is 44.4 Å². The van der Waals surface area contributed by atoms with Gasteiger partial charge in [-0.25, -0.2) is 14.1 Å². The molecular formula is C24H30FN5. The second kappa shape index (κ2) is 7.82. The molecule has 2 aromatic heterocycles. The number of halogens is 1. The van der Waals surface area contributed by atoms with Crippen LogP contribution in [0.4, 0.5) is 4.39 Å². The molecule has 0 spiro atoms. The number of allylic oxidation sites excluding steroid dienone is 2. The molecule has 5 nitrogen and oxygen atoms in total. The average molecular weight is 408 g/mol. The minimum atomic E-state index is -0.445. The topological polar surface area (TPSA) is 55.1 Å². The molecule has 2 heterocycles. The van der Waals surface area contributed by atoms with Crippen LogP contribution in [0.25, 0.3) is 11.0 Å². The molecule has 6 heteroatoms. The Morgan fingerprint density at radius 2 is 2.13 bits per heavy atom. The Balaban J connectivity index is 1.46. The van der Waals surface area contributed by atoms with Gasteiger partial charge < -0.3 is 5.32 Å². The monoisotopic (exact) mass is 407 g/mol. The average Bonchev–Trinajstić information content (AvgIpc) is 3.35. The number of rotatable bonds is 7. The number of nitrogens with zero attached hydrogens (tertiary/aromatic N) is 4. The van der Waals surface area contributed by atoms with Crippen molar-refractivity contribution in [1.82, 2.24) is 20.1 Å². The number of pyridine rings is 1. The number of hydrogen-bond donors (Lipinski definition) is 1. The summed E-state index contributed by atoms with van der Waals surface area (Å²) in [6, 6.07) is 2.30. The molecule has 0 amide bonds. The van der Waals surface area contributed by atoms with E-state index in [1.807, 2.05) is 33.2 Å². The van der Waals surface area contributed by atoms with Gasteiger partial charge in [0.1, 0.15) is 5.69 Å². The van der Waals surface area contributed by atoms with E-state index in [1.54, 1.807) is 4.68 Å². The van der Waals surface area contributed by atoms with E-state index in [0.29, 0.717) is 34.9 Å². The van der Waals surface area contributed by atoms with Gasteiger partial charge in [-0.3, -0.25) is 4.99 Å². The van der Waals surface area contributed by atoms with Crippen LogP contribution in [0.2, 0.25) is 0 Å². The molecule has 2 aliphatic rings. The van der Waals surface area contributed by atoms with E-state index in [-0.39, 0.29) is 6.04 Å². The third-order valence-electron chi connectivity index (χ3n) is 6.59. The Labute approximate surface area is 177 Å². The van der Waals surface area contributed by atoms with E-state index in [9.17, 15) is 4.39 Å². The fourth-order valence-corrected chi connectivity index (χ4v) is 4.78. The molecule has 0 radical (unpaired) electrons. The van der Waals surface area contributed by atoms with Crippen molar-refractivity contribution in [3.63, 3.8) is 0 Å². The SMILES string of the molecule is C=C(NC1CC(C(=C)CC)C2CC12)/C(F)=C\N=C(/C)c1nn(C)c2ncc(C)cc12. The summed E-state index contributed by atoms with van der Waals surface area (Å²) in [5.74, 6) is 1.44. The number of nitrogens with one attached hydrogen (secondary N) is 1. The van der Waals surface area contributed by atoms with Crippen LogP contribution in [0, 0.1) is 24.7 Å². The van der Waals surface area contributed by atoms with E-state index in [0.717, 1.165) is 29.4 Å². The van der Waals surface area contributed by atoms with Crippen LogP contribution in [-0.4, -0.2) is 26.5 Å². The van der Waals surface area contributed by atoms with Crippen molar-refractivity contribution in [2.75, 3.05) is 0 Å². The first-order chi connectivity index (χ1) is 14.3. The molecule has 2 aromatic rings. The van der Waals surface area contributed by atoms with Crippen LogP contribution >= 0.6 is 0 Å². The van der Waals surface area contributed by atoms with Crippen LogP contribution < -0.4 is 5.32 Å². The minimum Gasteiger partial charge on any atom is -0.380 e. The summed E-state index contributed by atoms with van der Waals surface area (Å²) in [6.07, 6.45) is 6.28. The third kappa shape index (κ3) is 3.71. The summed E-state index contributed by atoms with van der Waals surface area (Å²) >= 11 is 0. The summed E-state index contributed by atoms with van der Waals surface area (Å²) in [5.41, 5.74) is 4.79. The molecule has 0 saturated heterocycles. The normalized spacial score (nSPS) is 26.0. The summed E-state index contributed by atoms with van der Waals surface area (Å²) in [5, 5.41) is 8.73. The lowest BCUT2D eigenvalue weighted by molar-refractivity contribution is 0.467. The van der Waals surface area contributed by atoms with Gasteiger partial charge in [0.15, 0.2) is 11.5 Å². The van der Waals surface area contributed by atoms with Gasteiger partial charge in [-0.15, -0.1) is 0 Å². The Morgan fingerprint density at radius 1 is 1.37 bits per heavy atom. The van der Waals surface area contributed by atoms with Crippen LogP contribution in [0.5, 0.6) is 0 Å². The number of hydrogen-bond acceptors (Lipinski definition) is 4. The van der Waals surface area contributed by atoms with Crippen molar-refractivity contribution in [3.8, 4) is 0 Å². The standard InChI is InChI=1S/C24H30FN5/c1-7-14(3)17-10-22(19-9-18(17)19)28-15(4)21(25)12-26-16(5)23-20-8-13(2)11-27-24(20)30(6)29-23/h8,11-12,17-19,22,28H,3-4,7,9-10H2,1-2,5-6H3/b21-12+,26-16+. The van der Waals surface area contributed by atoms with Crippen molar-refractivity contribution >= 4 is 16.7 Å². The van der Waals surface area contributed by atoms with E-state index in [4.69, 9.17) is 0 Å². The maximum Gasteiger partial charge on any atom is 0.163 e. The van der Waals surface area contributed by atoms with Crippen LogP contribution in [0.3, 0.4) is 0 Å². The molecule has 2 saturated carbocycles. The molecule has 0 aromatic carbocycles. The van der Waals surface area contributed by atoms with Crippen LogP contribution in [0.15, 0.2) is 53.7 Å². The zero-order valence-electron chi connectivity index (χ0n) is 18.2. The number of aliphatic imine (C=N–C) groups is 1. The van der Waals surface area contributed by atoms with Gasteiger partial charge in [-0.2, -0.15) is 5.10 Å². The number of fused-ring (bicyclic) bond motifs is 2. The fraction of sp³-hybridized carbons (Fsp3) is 0.458. The highest BCUT2D eigenvalue weighted by Crippen LogP contribution is 2.58. The quantitative estimate of drug-likeness (QED) is 0.400. The molecule has 2 aliphatic carbocycles. The summed E-state index contributed by atoms with van der Waals surface area (Å²) in [6.45, 7) is 14.1. The molecule has 4 rings (SSSR count). The smallest absolute Gasteiger partial charge is 0.163 e. The predicted octanol–water partition coefficient (Wildman–Crippen LogP) is 4.99. The van der Waals surface area contributed by atoms with Crippen molar-refractivity contribution in [3.05, 3.63) is 60.0 Å². The van der Waals surface area contributed by atoms with Gasteiger partial charge in [0, 0.05) is 24.7 Å². The molecule has 4 atom stereocenters. The lowest BCUT2D eigenvalue weighted by Crippen LogP contribution is -2.29. The Kier molecular flexibility index (Phi) is 5.35. The molecule has 2 fully saturated rings. The van der Waals surface area contributed by atoms with Crippen molar-refractivity contribution in [2.45, 2.75) is 46.1 Å². The molecule has 30 heavy (non-hydrogen) atoms. The first-order valence-electron chi connectivity index (χ1n) is 10.6. The molecule has 0 bridgehead atoms. The molecule has 4 unspecified atom stereocenters. The van der Waals surface area contributed by atoms with Crippen LogP contribution in [-0.2, 0) is 7.05 Å². The van der Waals surface area contributed by atoms with Gasteiger partial charge in [0.05, 0.1) is 17.6 Å². The summed E-state index contributed by atoms with van der Waals surface area (Å²) < 4.78 is 16.4. The molecule has 158 valence electrons. The van der Waals surface area contributed by atoms with E-state index >= 15 is 0 Å². The van der Waals surface area contributed by atoms with E-state index in [2.05, 4.69) is 40.5 Å². The first-order valence-corrected chi connectivity index (χ1v) is 10.6. The first kappa shape index (κ1) is 20.5. The molecule has 0 aliphatic heterocycles. The third-order valence-corrected chi connectivity index (χ3v) is 6.59. The Hall–Kier alpha value is -2.76. The highest BCUT2D eigenvalue weighted by molar-refractivity contribution is 6.07. The van der Waals surface area contributed by atoms with Gasteiger partial charge in [0.25, 0.3) is 0 Å². The van der Waals surface area contributed by atoms with Gasteiger partial charge in [-0.1, -0.05) is 25.7 Å². The van der Waals surface area contributed by atoms with E-state index < -0.39 is 5.83 Å². The minimum absolute atomic E-state index is 0.272. The molecule has 1 N–H and O–H groups in total. The number of aromatic nitrogens is 3. The van der Waals surface area contributed by atoms with Gasteiger partial charge >= 0.3 is 0 Å². The maximum atomic E-state index is 14.7. The second-order valence-electron chi connectivity index (χ2n) is 8.69. The van der Waals surface area contributed by atoms with E-state index in [1.165, 1.54) is 18.2 Å².